The molecule has 0 bridgehead atoms. The van der Waals surface area contributed by atoms with Gasteiger partial charge in [0.1, 0.15) is 23.3 Å². The van der Waals surface area contributed by atoms with Crippen LogP contribution < -0.4 is 14.7 Å². The molecule has 3 aromatic rings. The van der Waals surface area contributed by atoms with Crippen LogP contribution in [-0.4, -0.2) is 63.1 Å². The van der Waals surface area contributed by atoms with E-state index < -0.39 is 41.3 Å². The number of para-hydroxylation sites is 1. The van der Waals surface area contributed by atoms with Crippen LogP contribution in [0, 0.1) is 6.92 Å². The largest absolute Gasteiger partial charge is 0.444 e. The number of rotatable bonds is 6. The van der Waals surface area contributed by atoms with Gasteiger partial charge in [0, 0.05) is 33.3 Å². The van der Waals surface area contributed by atoms with Gasteiger partial charge >= 0.3 is 12.3 Å². The number of carbonyl (C=O) groups is 3. The van der Waals surface area contributed by atoms with Crippen molar-refractivity contribution in [3.8, 4) is 0 Å². The van der Waals surface area contributed by atoms with E-state index in [4.69, 9.17) is 21.3 Å². The summed E-state index contributed by atoms with van der Waals surface area (Å²) in [6.07, 6.45) is -4.96. The molecular weight excluding hydrogens is 639 g/mol. The van der Waals surface area contributed by atoms with Gasteiger partial charge in [-0.25, -0.2) is 14.8 Å². The summed E-state index contributed by atoms with van der Waals surface area (Å²) in [7, 11) is 5.21. The lowest BCUT2D eigenvalue weighted by atomic mass is 10.1. The van der Waals surface area contributed by atoms with Gasteiger partial charge in [-0.15, -0.1) is 0 Å². The molecule has 2 aliphatic rings. The first-order chi connectivity index (χ1) is 21.9. The number of hydrogen-bond donors (Lipinski definition) is 0. The van der Waals surface area contributed by atoms with E-state index in [0.717, 1.165) is 28.4 Å². The Bertz CT molecular complexity index is 1740. The highest BCUT2D eigenvalue weighted by molar-refractivity contribution is 6.34. The van der Waals surface area contributed by atoms with Crippen LogP contribution in [0.2, 0.25) is 5.02 Å². The fourth-order valence-corrected chi connectivity index (χ4v) is 6.23. The first kappa shape index (κ1) is 34.0. The van der Waals surface area contributed by atoms with Gasteiger partial charge in [0.05, 0.1) is 53.0 Å². The number of amides is 3. The van der Waals surface area contributed by atoms with Crippen LogP contribution in [0.15, 0.2) is 30.3 Å². The summed E-state index contributed by atoms with van der Waals surface area (Å²) in [5.41, 5.74) is 1.12. The third kappa shape index (κ3) is 6.87. The number of benzene rings is 1. The van der Waals surface area contributed by atoms with E-state index in [-0.39, 0.29) is 24.4 Å². The highest BCUT2D eigenvalue weighted by Crippen LogP contribution is 2.39. The molecular formula is C32H37ClF3N7O4. The van der Waals surface area contributed by atoms with Gasteiger partial charge in [0.15, 0.2) is 0 Å². The van der Waals surface area contributed by atoms with E-state index >= 15 is 0 Å². The first-order valence-corrected chi connectivity index (χ1v) is 15.4. The second-order valence-corrected chi connectivity index (χ2v) is 13.3. The fourth-order valence-electron chi connectivity index (χ4n) is 5.91. The van der Waals surface area contributed by atoms with Crippen molar-refractivity contribution in [1.82, 2.24) is 19.4 Å². The summed E-state index contributed by atoms with van der Waals surface area (Å²) in [6.45, 7) is 7.81. The molecule has 15 heteroatoms. The van der Waals surface area contributed by atoms with Gasteiger partial charge in [-0.2, -0.15) is 13.2 Å². The summed E-state index contributed by atoms with van der Waals surface area (Å²) < 4.78 is 48.2. The van der Waals surface area contributed by atoms with Crippen molar-refractivity contribution >= 4 is 46.7 Å². The average Bonchev–Trinajstić information content (AvgIpc) is 3.64. The Labute approximate surface area is 275 Å². The number of aryl methyl sites for hydroxylation is 1. The van der Waals surface area contributed by atoms with E-state index in [1.807, 2.05) is 37.3 Å². The topological polar surface area (TPSA) is 104 Å². The highest BCUT2D eigenvalue weighted by atomic mass is 35.5. The number of aromatic nitrogens is 3. The van der Waals surface area contributed by atoms with Crippen LogP contribution in [0.4, 0.5) is 35.2 Å². The smallest absolute Gasteiger partial charge is 0.416 e. The maximum Gasteiger partial charge on any atom is 0.416 e. The molecule has 0 N–H and O–H groups in total. The number of carbonyl (C=O) groups excluding carboxylic acids is 3. The molecule has 252 valence electrons. The van der Waals surface area contributed by atoms with E-state index in [9.17, 15) is 27.6 Å². The van der Waals surface area contributed by atoms with E-state index in [0.29, 0.717) is 41.9 Å². The van der Waals surface area contributed by atoms with Crippen LogP contribution in [0.1, 0.15) is 62.1 Å². The van der Waals surface area contributed by atoms with Crippen LogP contribution in [0.3, 0.4) is 0 Å². The molecule has 2 aromatic heterocycles. The molecule has 1 saturated heterocycles. The van der Waals surface area contributed by atoms with Gasteiger partial charge in [-0.3, -0.25) is 19.4 Å². The number of likely N-dealkylation sites (N-methyl/N-ethyl adjacent to an activating group) is 1. The molecule has 47 heavy (non-hydrogen) atoms. The minimum Gasteiger partial charge on any atom is -0.444 e. The number of halogens is 4. The molecule has 5 rings (SSSR count). The number of anilines is 3. The van der Waals surface area contributed by atoms with Crippen molar-refractivity contribution in [3.63, 3.8) is 0 Å². The molecule has 1 fully saturated rings. The second kappa shape index (κ2) is 12.4. The SMILES string of the molecule is Cc1cc(C(F)(F)F)cc(N2C(=O)CC[C@H]2C(=O)N(C)c2cccc(Cl)c2N(C)Cc2nc3c(n2C)CN(C(=O)OC(C)(C)C)C3)n1. The highest BCUT2D eigenvalue weighted by Gasteiger charge is 2.42. The molecule has 0 spiro atoms. The fraction of sp³-hybridized carbons (Fsp3) is 0.469. The van der Waals surface area contributed by atoms with Crippen molar-refractivity contribution in [3.05, 3.63) is 63.8 Å². The number of fused-ring (bicyclic) bond motifs is 1. The van der Waals surface area contributed by atoms with Crippen LogP contribution in [0.25, 0.3) is 0 Å². The molecule has 3 amide bonds. The zero-order chi connectivity index (χ0) is 34.6. The maximum absolute atomic E-state index is 14.0. The first-order valence-electron chi connectivity index (χ1n) is 15.0. The molecule has 1 aromatic carbocycles. The predicted molar refractivity (Wildman–Crippen MR) is 170 cm³/mol. The second-order valence-electron chi connectivity index (χ2n) is 12.8. The number of nitrogens with zero attached hydrogens (tertiary/aromatic N) is 7. The van der Waals surface area contributed by atoms with Gasteiger partial charge in [0.25, 0.3) is 0 Å². The minimum atomic E-state index is -4.65. The summed E-state index contributed by atoms with van der Waals surface area (Å²) >= 11 is 6.70. The normalized spacial score (nSPS) is 16.5. The number of imidazole rings is 1. The monoisotopic (exact) mass is 675 g/mol. The lowest BCUT2D eigenvalue weighted by Crippen LogP contribution is -2.46. The standard InChI is InChI=1S/C32H37ClF3N7O4/c1-18-13-19(32(34,35)36)14-25(37-18)43-23(11-12-27(43)44)29(45)41(7)22-10-8-9-20(33)28(22)39(5)17-26-38-21-15-42(16-24(21)40(26)6)30(46)47-31(2,3)4/h8-10,13-14,23H,11-12,15-17H2,1-7H3/t23-/m0/s1. The molecule has 4 heterocycles. The van der Waals surface area contributed by atoms with Crippen molar-refractivity contribution in [2.75, 3.05) is 28.8 Å². The molecule has 0 radical (unpaired) electrons. The molecule has 0 aliphatic carbocycles. The van der Waals surface area contributed by atoms with Crippen molar-refractivity contribution in [2.45, 2.75) is 78.0 Å². The molecule has 0 unspecified atom stereocenters. The van der Waals surface area contributed by atoms with Gasteiger partial charge in [0.2, 0.25) is 11.8 Å². The van der Waals surface area contributed by atoms with E-state index in [1.165, 1.54) is 18.9 Å². The van der Waals surface area contributed by atoms with E-state index in [1.54, 1.807) is 30.1 Å². The van der Waals surface area contributed by atoms with Crippen molar-refractivity contribution in [1.29, 1.82) is 0 Å². The number of alkyl halides is 3. The Morgan fingerprint density at radius 3 is 2.45 bits per heavy atom. The number of pyridine rings is 1. The number of ether oxygens (including phenoxy) is 1. The van der Waals surface area contributed by atoms with Gasteiger partial charge in [-0.05, 0) is 58.4 Å². The van der Waals surface area contributed by atoms with E-state index in [2.05, 4.69) is 4.98 Å². The van der Waals surface area contributed by atoms with Crippen molar-refractivity contribution < 1.29 is 32.3 Å². The zero-order valence-corrected chi connectivity index (χ0v) is 28.0. The lowest BCUT2D eigenvalue weighted by Gasteiger charge is -2.31. The van der Waals surface area contributed by atoms with Gasteiger partial charge < -0.3 is 19.1 Å². The van der Waals surface area contributed by atoms with Crippen LogP contribution in [-0.2, 0) is 47.2 Å². The zero-order valence-electron chi connectivity index (χ0n) is 27.3. The Kier molecular flexibility index (Phi) is 8.95. The lowest BCUT2D eigenvalue weighted by molar-refractivity contribution is -0.137. The molecule has 11 nitrogen and oxygen atoms in total. The van der Waals surface area contributed by atoms with Crippen LogP contribution >= 0.6 is 11.6 Å². The Morgan fingerprint density at radius 2 is 1.81 bits per heavy atom. The van der Waals surface area contributed by atoms with Crippen molar-refractivity contribution in [2.24, 2.45) is 7.05 Å². The Morgan fingerprint density at radius 1 is 1.11 bits per heavy atom. The Balaban J connectivity index is 1.37. The van der Waals surface area contributed by atoms with Gasteiger partial charge in [-0.1, -0.05) is 17.7 Å². The summed E-state index contributed by atoms with van der Waals surface area (Å²) in [6, 6.07) is 5.72. The minimum absolute atomic E-state index is 0.0152. The predicted octanol–water partition coefficient (Wildman–Crippen LogP) is 5.84. The molecule has 2 aliphatic heterocycles. The molecule has 1 atom stereocenters. The summed E-state index contributed by atoms with van der Waals surface area (Å²) in [5, 5.41) is 0.358. The molecule has 0 saturated carbocycles. The van der Waals surface area contributed by atoms with Crippen LogP contribution in [0.5, 0.6) is 0 Å². The average molecular weight is 676 g/mol. The maximum atomic E-state index is 14.0. The third-order valence-electron chi connectivity index (χ3n) is 8.15. The number of hydrogen-bond acceptors (Lipinski definition) is 7. The Hall–Kier alpha value is -4.33. The quantitative estimate of drug-likeness (QED) is 0.323. The third-order valence-corrected chi connectivity index (χ3v) is 8.46. The summed E-state index contributed by atoms with van der Waals surface area (Å²) in [4.78, 5) is 54.3. The summed E-state index contributed by atoms with van der Waals surface area (Å²) in [5.74, 6) is -0.495.